The number of hydrogen-bond acceptors (Lipinski definition) is 6. The highest BCUT2D eigenvalue weighted by Crippen LogP contribution is 2.28. The molecule has 1 aromatic heterocycles. The third-order valence-corrected chi connectivity index (χ3v) is 5.86. The Kier molecular flexibility index (Phi) is 5.73. The summed E-state index contributed by atoms with van der Waals surface area (Å²) < 4.78 is 12.2. The van der Waals surface area contributed by atoms with Crippen LogP contribution in [0.5, 0.6) is 5.75 Å². The molecule has 1 amide bonds. The second-order valence-corrected chi connectivity index (χ2v) is 7.72. The number of nitrogens with zero attached hydrogens (tertiary/aromatic N) is 3. The van der Waals surface area contributed by atoms with Crippen molar-refractivity contribution in [3.8, 4) is 5.75 Å². The zero-order chi connectivity index (χ0) is 19.3. The maximum Gasteiger partial charge on any atom is 0.248 e. The topological polar surface area (TPSA) is 54.9 Å². The number of thiazole rings is 1. The van der Waals surface area contributed by atoms with Crippen molar-refractivity contribution in [1.82, 2.24) is 9.88 Å². The predicted octanol–water partition coefficient (Wildman–Crippen LogP) is 3.17. The van der Waals surface area contributed by atoms with Crippen LogP contribution < -0.4 is 9.64 Å². The molecule has 1 fully saturated rings. The van der Waals surface area contributed by atoms with E-state index in [9.17, 15) is 4.79 Å². The van der Waals surface area contributed by atoms with Crippen LogP contribution in [0.2, 0.25) is 0 Å². The molecule has 4 rings (SSSR count). The first-order valence-electron chi connectivity index (χ1n) is 9.32. The lowest BCUT2D eigenvalue weighted by molar-refractivity contribution is -0.136. The standard InChI is InChI=1S/C21H23N3O3S/c1-26-18-8-4-3-7-17(18)23-10-12-24(13-11-23)21(25)15-27-14-20-22-16-6-2-5-9-19(16)28-20/h2-9H,10-15H2,1H3. The summed E-state index contributed by atoms with van der Waals surface area (Å²) in [6, 6.07) is 16.0. The molecule has 0 radical (unpaired) electrons. The SMILES string of the molecule is COc1ccccc1N1CCN(C(=O)COCc2nc3ccccc3s2)CC1. The van der Waals surface area contributed by atoms with Gasteiger partial charge in [0.15, 0.2) is 0 Å². The second-order valence-electron chi connectivity index (χ2n) is 6.61. The Labute approximate surface area is 168 Å². The Hall–Kier alpha value is -2.64. The third kappa shape index (κ3) is 4.10. The maximum absolute atomic E-state index is 12.5. The molecule has 1 aliphatic heterocycles. The lowest BCUT2D eigenvalue weighted by Crippen LogP contribution is -2.49. The minimum absolute atomic E-state index is 0.0285. The number of amides is 1. The predicted molar refractivity (Wildman–Crippen MR) is 111 cm³/mol. The zero-order valence-corrected chi connectivity index (χ0v) is 16.7. The number of piperazine rings is 1. The summed E-state index contributed by atoms with van der Waals surface area (Å²) in [6.07, 6.45) is 0. The molecule has 0 N–H and O–H groups in total. The van der Waals surface area contributed by atoms with Crippen molar-refractivity contribution in [2.75, 3.05) is 44.8 Å². The molecule has 146 valence electrons. The first-order chi connectivity index (χ1) is 13.7. The molecule has 7 heteroatoms. The van der Waals surface area contributed by atoms with E-state index in [0.717, 1.165) is 39.8 Å². The average molecular weight is 398 g/mol. The first kappa shape index (κ1) is 18.7. The monoisotopic (exact) mass is 397 g/mol. The van der Waals surface area contributed by atoms with Gasteiger partial charge in [-0.15, -0.1) is 11.3 Å². The van der Waals surface area contributed by atoms with E-state index in [0.29, 0.717) is 19.7 Å². The maximum atomic E-state index is 12.5. The van der Waals surface area contributed by atoms with Gasteiger partial charge < -0.3 is 19.3 Å². The molecule has 6 nitrogen and oxygen atoms in total. The lowest BCUT2D eigenvalue weighted by Gasteiger charge is -2.36. The molecule has 0 bridgehead atoms. The van der Waals surface area contributed by atoms with Crippen molar-refractivity contribution in [3.63, 3.8) is 0 Å². The van der Waals surface area contributed by atoms with Crippen LogP contribution in [0, 0.1) is 0 Å². The number of ether oxygens (including phenoxy) is 2. The largest absolute Gasteiger partial charge is 0.495 e. The van der Waals surface area contributed by atoms with Gasteiger partial charge in [0.05, 0.1) is 29.6 Å². The lowest BCUT2D eigenvalue weighted by atomic mass is 10.2. The summed E-state index contributed by atoms with van der Waals surface area (Å²) in [4.78, 5) is 21.1. The quantitative estimate of drug-likeness (QED) is 0.640. The molecular formula is C21H23N3O3S. The highest BCUT2D eigenvalue weighted by atomic mass is 32.1. The molecular weight excluding hydrogens is 374 g/mol. The molecule has 0 aliphatic carbocycles. The summed E-state index contributed by atoms with van der Waals surface area (Å²) in [5.41, 5.74) is 2.05. The van der Waals surface area contributed by atoms with Crippen molar-refractivity contribution >= 4 is 33.1 Å². The summed E-state index contributed by atoms with van der Waals surface area (Å²) in [5.74, 6) is 0.891. The van der Waals surface area contributed by atoms with Crippen LogP contribution in [0.4, 0.5) is 5.69 Å². The van der Waals surface area contributed by atoms with Crippen LogP contribution >= 0.6 is 11.3 Å². The average Bonchev–Trinajstić information content (AvgIpc) is 3.16. The van der Waals surface area contributed by atoms with Gasteiger partial charge in [0.25, 0.3) is 0 Å². The molecule has 0 atom stereocenters. The van der Waals surface area contributed by atoms with E-state index in [1.807, 2.05) is 47.4 Å². The summed E-state index contributed by atoms with van der Waals surface area (Å²) >= 11 is 1.61. The van der Waals surface area contributed by atoms with Gasteiger partial charge in [0.1, 0.15) is 17.4 Å². The third-order valence-electron chi connectivity index (χ3n) is 4.85. The van der Waals surface area contributed by atoms with Crippen LogP contribution in [0.1, 0.15) is 5.01 Å². The number of benzene rings is 2. The van der Waals surface area contributed by atoms with E-state index in [1.165, 1.54) is 0 Å². The number of methoxy groups -OCH3 is 1. The van der Waals surface area contributed by atoms with Crippen LogP contribution in [0.3, 0.4) is 0 Å². The smallest absolute Gasteiger partial charge is 0.248 e. The van der Waals surface area contributed by atoms with E-state index >= 15 is 0 Å². The number of rotatable bonds is 6. The Balaban J connectivity index is 1.26. The van der Waals surface area contributed by atoms with Gasteiger partial charge in [-0.1, -0.05) is 24.3 Å². The molecule has 0 unspecified atom stereocenters. The number of carbonyl (C=O) groups excluding carboxylic acids is 1. The number of fused-ring (bicyclic) bond motifs is 1. The summed E-state index contributed by atoms with van der Waals surface area (Å²) in [7, 11) is 1.68. The van der Waals surface area contributed by atoms with E-state index in [-0.39, 0.29) is 12.5 Å². The number of para-hydroxylation sites is 3. The van der Waals surface area contributed by atoms with Crippen molar-refractivity contribution in [2.24, 2.45) is 0 Å². The van der Waals surface area contributed by atoms with Crippen LogP contribution in [0.15, 0.2) is 48.5 Å². The normalized spacial score (nSPS) is 14.5. The van der Waals surface area contributed by atoms with Crippen LogP contribution in [-0.4, -0.2) is 55.7 Å². The van der Waals surface area contributed by atoms with Crippen molar-refractivity contribution < 1.29 is 14.3 Å². The molecule has 0 saturated carbocycles. The van der Waals surface area contributed by atoms with Gasteiger partial charge in [0.2, 0.25) is 5.91 Å². The second kappa shape index (κ2) is 8.58. The molecule has 0 spiro atoms. The Morgan fingerprint density at radius 3 is 2.61 bits per heavy atom. The van der Waals surface area contributed by atoms with E-state index in [1.54, 1.807) is 18.4 Å². The molecule has 1 aliphatic rings. The van der Waals surface area contributed by atoms with Crippen LogP contribution in [0.25, 0.3) is 10.2 Å². The molecule has 2 heterocycles. The van der Waals surface area contributed by atoms with Gasteiger partial charge in [-0.05, 0) is 24.3 Å². The molecule has 28 heavy (non-hydrogen) atoms. The highest BCUT2D eigenvalue weighted by Gasteiger charge is 2.22. The summed E-state index contributed by atoms with van der Waals surface area (Å²) in [6.45, 7) is 3.38. The van der Waals surface area contributed by atoms with E-state index < -0.39 is 0 Å². The van der Waals surface area contributed by atoms with Gasteiger partial charge >= 0.3 is 0 Å². The molecule has 1 saturated heterocycles. The fourth-order valence-corrected chi connectivity index (χ4v) is 4.29. The fourth-order valence-electron chi connectivity index (χ4n) is 3.39. The van der Waals surface area contributed by atoms with E-state index in [2.05, 4.69) is 16.0 Å². The van der Waals surface area contributed by atoms with E-state index in [4.69, 9.17) is 9.47 Å². The Morgan fingerprint density at radius 2 is 1.82 bits per heavy atom. The first-order valence-corrected chi connectivity index (χ1v) is 10.1. The number of hydrogen-bond donors (Lipinski definition) is 0. The van der Waals surface area contributed by atoms with Crippen molar-refractivity contribution in [3.05, 3.63) is 53.5 Å². The molecule has 2 aromatic carbocycles. The number of anilines is 1. The Morgan fingerprint density at radius 1 is 1.07 bits per heavy atom. The van der Waals surface area contributed by atoms with Gasteiger partial charge in [-0.2, -0.15) is 0 Å². The van der Waals surface area contributed by atoms with Gasteiger partial charge in [-0.3, -0.25) is 4.79 Å². The van der Waals surface area contributed by atoms with Crippen molar-refractivity contribution in [1.29, 1.82) is 0 Å². The Bertz CT molecular complexity index is 918. The highest BCUT2D eigenvalue weighted by molar-refractivity contribution is 7.18. The minimum atomic E-state index is 0.0285. The minimum Gasteiger partial charge on any atom is -0.495 e. The molecule has 3 aromatic rings. The van der Waals surface area contributed by atoms with Gasteiger partial charge in [0, 0.05) is 26.2 Å². The van der Waals surface area contributed by atoms with Gasteiger partial charge in [-0.25, -0.2) is 4.98 Å². The van der Waals surface area contributed by atoms with Crippen molar-refractivity contribution in [2.45, 2.75) is 6.61 Å². The zero-order valence-electron chi connectivity index (χ0n) is 15.8. The van der Waals surface area contributed by atoms with Crippen LogP contribution in [-0.2, 0) is 16.1 Å². The fraction of sp³-hybridized carbons (Fsp3) is 0.333. The summed E-state index contributed by atoms with van der Waals surface area (Å²) in [5, 5.41) is 0.898. The number of aromatic nitrogens is 1. The number of carbonyl (C=O) groups is 1.